The predicted octanol–water partition coefficient (Wildman–Crippen LogP) is 2.35. The Morgan fingerprint density at radius 2 is 1.67 bits per heavy atom. The van der Waals surface area contributed by atoms with E-state index in [1.54, 1.807) is 0 Å². The summed E-state index contributed by atoms with van der Waals surface area (Å²) < 4.78 is 5.58. The third-order valence-corrected chi connectivity index (χ3v) is 6.93. The third-order valence-electron chi connectivity index (χ3n) is 6.93. The zero-order valence-electron chi connectivity index (χ0n) is 18.1. The summed E-state index contributed by atoms with van der Waals surface area (Å²) in [5.74, 6) is -1.80. The van der Waals surface area contributed by atoms with Crippen LogP contribution in [0.15, 0.2) is 48.5 Å². The molecule has 1 aliphatic heterocycles. The first-order valence-electron chi connectivity index (χ1n) is 11.2. The van der Waals surface area contributed by atoms with Crippen molar-refractivity contribution >= 4 is 18.0 Å². The number of alkyl carbamates (subject to hydrolysis) is 1. The van der Waals surface area contributed by atoms with Crippen LogP contribution in [0.25, 0.3) is 11.1 Å². The van der Waals surface area contributed by atoms with Crippen molar-refractivity contribution in [1.82, 2.24) is 10.2 Å². The Labute approximate surface area is 191 Å². The second kappa shape index (κ2) is 8.19. The second-order valence-corrected chi connectivity index (χ2v) is 9.13. The second-order valence-electron chi connectivity index (χ2n) is 9.13. The van der Waals surface area contributed by atoms with E-state index in [0.29, 0.717) is 0 Å². The molecule has 2 aromatic carbocycles. The van der Waals surface area contributed by atoms with Gasteiger partial charge in [-0.15, -0.1) is 0 Å². The van der Waals surface area contributed by atoms with Gasteiger partial charge in [-0.3, -0.25) is 4.79 Å². The molecule has 3 aliphatic rings. The van der Waals surface area contributed by atoms with Crippen LogP contribution in [0.4, 0.5) is 4.79 Å². The van der Waals surface area contributed by atoms with E-state index in [2.05, 4.69) is 17.4 Å². The Balaban J connectivity index is 1.24. The van der Waals surface area contributed by atoms with Crippen molar-refractivity contribution in [2.45, 2.75) is 36.8 Å². The number of likely N-dealkylation sites (tertiary alicyclic amines) is 1. The van der Waals surface area contributed by atoms with Crippen molar-refractivity contribution in [2.75, 3.05) is 19.7 Å². The average Bonchev–Trinajstić information content (AvgIpc) is 3.50. The predicted molar refractivity (Wildman–Crippen MR) is 118 cm³/mol. The summed E-state index contributed by atoms with van der Waals surface area (Å²) in [6, 6.07) is 15.3. The van der Waals surface area contributed by atoms with Crippen LogP contribution in [0.3, 0.4) is 0 Å². The highest BCUT2D eigenvalue weighted by atomic mass is 16.5. The molecule has 3 N–H and O–H groups in total. The van der Waals surface area contributed by atoms with Gasteiger partial charge in [-0.05, 0) is 41.0 Å². The number of benzene rings is 2. The molecule has 1 saturated carbocycles. The molecule has 2 amide bonds. The lowest BCUT2D eigenvalue weighted by Crippen LogP contribution is -2.51. The number of aliphatic carboxylic acids is 1. The zero-order valence-corrected chi connectivity index (χ0v) is 18.1. The largest absolute Gasteiger partial charge is 0.479 e. The number of fused-ring (bicyclic) bond motifs is 3. The molecular formula is C25H26N2O6. The fraction of sp³-hybridized carbons (Fsp3) is 0.400. The van der Waals surface area contributed by atoms with Gasteiger partial charge in [-0.25, -0.2) is 9.59 Å². The van der Waals surface area contributed by atoms with E-state index in [-0.39, 0.29) is 43.9 Å². The first kappa shape index (κ1) is 21.5. The number of hydrogen-bond donors (Lipinski definition) is 3. The number of nitrogens with zero attached hydrogens (tertiary/aromatic N) is 1. The topological polar surface area (TPSA) is 116 Å². The van der Waals surface area contributed by atoms with Crippen LogP contribution in [-0.2, 0) is 14.3 Å². The first-order valence-corrected chi connectivity index (χ1v) is 11.2. The molecule has 2 unspecified atom stereocenters. The van der Waals surface area contributed by atoms with Crippen molar-refractivity contribution < 1.29 is 29.3 Å². The van der Waals surface area contributed by atoms with Crippen molar-refractivity contribution in [1.29, 1.82) is 0 Å². The molecule has 2 aliphatic carbocycles. The van der Waals surface area contributed by atoms with Gasteiger partial charge in [0.2, 0.25) is 5.91 Å². The summed E-state index contributed by atoms with van der Waals surface area (Å²) in [5, 5.41) is 22.1. The van der Waals surface area contributed by atoms with Crippen LogP contribution in [0.1, 0.15) is 36.3 Å². The van der Waals surface area contributed by atoms with Crippen molar-refractivity contribution in [3.05, 3.63) is 59.7 Å². The summed E-state index contributed by atoms with van der Waals surface area (Å²) in [5.41, 5.74) is 2.53. The van der Waals surface area contributed by atoms with E-state index in [4.69, 9.17) is 4.74 Å². The van der Waals surface area contributed by atoms with E-state index >= 15 is 0 Å². The summed E-state index contributed by atoms with van der Waals surface area (Å²) >= 11 is 0. The molecule has 0 bridgehead atoms. The van der Waals surface area contributed by atoms with Gasteiger partial charge in [0.05, 0.1) is 6.54 Å². The number of ether oxygens (including phenoxy) is 1. The van der Waals surface area contributed by atoms with E-state index in [0.717, 1.165) is 35.1 Å². The molecule has 2 fully saturated rings. The number of amides is 2. The summed E-state index contributed by atoms with van der Waals surface area (Å²) in [6.07, 6.45) is 0.903. The number of rotatable bonds is 6. The molecular weight excluding hydrogens is 424 g/mol. The van der Waals surface area contributed by atoms with Gasteiger partial charge in [0.1, 0.15) is 12.6 Å². The molecule has 172 valence electrons. The lowest BCUT2D eigenvalue weighted by Gasteiger charge is -2.25. The first-order chi connectivity index (χ1) is 15.9. The molecule has 8 heteroatoms. The Bertz CT molecular complexity index is 1070. The Morgan fingerprint density at radius 1 is 1.06 bits per heavy atom. The number of nitrogens with one attached hydrogen (secondary N) is 1. The van der Waals surface area contributed by atoms with Gasteiger partial charge < -0.3 is 25.2 Å². The van der Waals surface area contributed by atoms with Crippen molar-refractivity contribution in [3.63, 3.8) is 0 Å². The number of aliphatic hydroxyl groups is 1. The number of hydrogen-bond acceptors (Lipinski definition) is 5. The van der Waals surface area contributed by atoms with Gasteiger partial charge >= 0.3 is 12.1 Å². The van der Waals surface area contributed by atoms with Crippen LogP contribution >= 0.6 is 0 Å². The van der Waals surface area contributed by atoms with Gasteiger partial charge in [0, 0.05) is 18.9 Å². The number of carbonyl (C=O) groups excluding carboxylic acids is 2. The fourth-order valence-electron chi connectivity index (χ4n) is 4.93. The minimum absolute atomic E-state index is 0.00324. The van der Waals surface area contributed by atoms with Gasteiger partial charge in [-0.1, -0.05) is 48.5 Å². The number of carboxylic acids is 1. The molecule has 33 heavy (non-hydrogen) atoms. The molecule has 8 nitrogen and oxygen atoms in total. The number of β-amino-alcohol motifs (C(OH)–C–C–N with tert-alkyl or cyclic N) is 1. The highest BCUT2D eigenvalue weighted by molar-refractivity contribution is 5.88. The van der Waals surface area contributed by atoms with E-state index in [1.807, 2.05) is 36.4 Å². The van der Waals surface area contributed by atoms with Gasteiger partial charge in [-0.2, -0.15) is 0 Å². The van der Waals surface area contributed by atoms with Crippen LogP contribution in [0.2, 0.25) is 0 Å². The maximum absolute atomic E-state index is 13.0. The number of carboxylic acid groups (broad SMARTS) is 1. The zero-order chi connectivity index (χ0) is 23.2. The molecule has 0 aromatic heterocycles. The summed E-state index contributed by atoms with van der Waals surface area (Å²) in [4.78, 5) is 38.3. The monoisotopic (exact) mass is 450 g/mol. The molecule has 2 atom stereocenters. The normalized spacial score (nSPS) is 22.4. The van der Waals surface area contributed by atoms with E-state index in [1.165, 1.54) is 4.90 Å². The summed E-state index contributed by atoms with van der Waals surface area (Å²) in [6.45, 7) is 0.00188. The molecule has 0 spiro atoms. The van der Waals surface area contributed by atoms with Gasteiger partial charge in [0.15, 0.2) is 5.60 Å². The van der Waals surface area contributed by atoms with Crippen LogP contribution in [-0.4, -0.2) is 64.4 Å². The van der Waals surface area contributed by atoms with E-state index < -0.39 is 23.7 Å². The number of carbonyl (C=O) groups is 3. The lowest BCUT2D eigenvalue weighted by molar-refractivity contribution is -0.157. The van der Waals surface area contributed by atoms with Crippen LogP contribution in [0, 0.1) is 5.92 Å². The van der Waals surface area contributed by atoms with Crippen molar-refractivity contribution in [2.24, 2.45) is 5.92 Å². The lowest BCUT2D eigenvalue weighted by atomic mass is 9.98. The SMILES string of the molecule is O=C(NC(C(=O)N1CCC(O)(C(=O)O)C1)C1CC1)OCC1c2ccccc2-c2ccccc21. The standard InChI is InChI=1S/C25H26N2O6/c28-22(27-12-11-25(32,14-27)23(29)30)21(15-9-10-15)26-24(31)33-13-20-18-7-3-1-5-16(18)17-6-2-4-8-19(17)20/h1-8,15,20-21,32H,9-14H2,(H,26,31)(H,29,30). The molecule has 5 rings (SSSR count). The summed E-state index contributed by atoms with van der Waals surface area (Å²) in [7, 11) is 0. The molecule has 0 radical (unpaired) electrons. The molecule has 1 saturated heterocycles. The quantitative estimate of drug-likeness (QED) is 0.622. The smallest absolute Gasteiger partial charge is 0.407 e. The third kappa shape index (κ3) is 3.95. The highest BCUT2D eigenvalue weighted by Gasteiger charge is 2.48. The minimum atomic E-state index is -1.94. The maximum Gasteiger partial charge on any atom is 0.407 e. The molecule has 1 heterocycles. The highest BCUT2D eigenvalue weighted by Crippen LogP contribution is 2.44. The van der Waals surface area contributed by atoms with Crippen LogP contribution in [0.5, 0.6) is 0 Å². The Morgan fingerprint density at radius 3 is 2.21 bits per heavy atom. The van der Waals surface area contributed by atoms with Crippen molar-refractivity contribution in [3.8, 4) is 11.1 Å². The average molecular weight is 450 g/mol. The maximum atomic E-state index is 13.0. The fourth-order valence-corrected chi connectivity index (χ4v) is 4.93. The molecule has 2 aromatic rings. The van der Waals surface area contributed by atoms with Crippen LogP contribution < -0.4 is 5.32 Å². The van der Waals surface area contributed by atoms with Gasteiger partial charge in [0.25, 0.3) is 0 Å². The minimum Gasteiger partial charge on any atom is -0.479 e. The Kier molecular flexibility index (Phi) is 5.32. The Hall–Kier alpha value is -3.39. The van der Waals surface area contributed by atoms with E-state index in [9.17, 15) is 24.6 Å².